The molecule has 0 aromatic heterocycles. The van der Waals surface area contributed by atoms with Crippen molar-refractivity contribution < 1.29 is 13.2 Å². The summed E-state index contributed by atoms with van der Waals surface area (Å²) < 4.78 is 37.5. The van der Waals surface area contributed by atoms with Gasteiger partial charge in [0.1, 0.15) is 18.3 Å². The van der Waals surface area contributed by atoms with Gasteiger partial charge >= 0.3 is 0 Å². The standard InChI is InChI=1S/C8H7BrF3N/c9-6-3-5(11)4-7(12)8(6)13-2-1-10/h3-4,13H,1-2H2. The summed E-state index contributed by atoms with van der Waals surface area (Å²) >= 11 is 2.96. The van der Waals surface area contributed by atoms with Crippen molar-refractivity contribution in [3.8, 4) is 0 Å². The number of hydrogen-bond donors (Lipinski definition) is 1. The van der Waals surface area contributed by atoms with E-state index >= 15 is 0 Å². The van der Waals surface area contributed by atoms with Gasteiger partial charge < -0.3 is 5.32 Å². The number of rotatable bonds is 3. The van der Waals surface area contributed by atoms with Crippen molar-refractivity contribution in [1.82, 2.24) is 0 Å². The molecular weight excluding hydrogens is 247 g/mol. The number of hydrogen-bond acceptors (Lipinski definition) is 1. The van der Waals surface area contributed by atoms with E-state index in [1.165, 1.54) is 0 Å². The van der Waals surface area contributed by atoms with Crippen LogP contribution in [0.1, 0.15) is 0 Å². The molecule has 0 heterocycles. The Hall–Kier alpha value is -0.710. The van der Waals surface area contributed by atoms with E-state index in [1.807, 2.05) is 0 Å². The van der Waals surface area contributed by atoms with Crippen molar-refractivity contribution in [3.05, 3.63) is 28.2 Å². The lowest BCUT2D eigenvalue weighted by Crippen LogP contribution is -2.05. The van der Waals surface area contributed by atoms with E-state index in [0.717, 1.165) is 12.1 Å². The van der Waals surface area contributed by atoms with Crippen LogP contribution in [-0.4, -0.2) is 13.2 Å². The molecule has 1 aromatic carbocycles. The van der Waals surface area contributed by atoms with Crippen LogP contribution in [-0.2, 0) is 0 Å². The minimum Gasteiger partial charge on any atom is -0.379 e. The SMILES string of the molecule is FCCNc1c(F)cc(F)cc1Br. The van der Waals surface area contributed by atoms with E-state index in [4.69, 9.17) is 0 Å². The van der Waals surface area contributed by atoms with Crippen LogP contribution in [0.2, 0.25) is 0 Å². The zero-order valence-corrected chi connectivity index (χ0v) is 8.17. The van der Waals surface area contributed by atoms with Crippen LogP contribution in [0, 0.1) is 11.6 Å². The fourth-order valence-electron chi connectivity index (χ4n) is 0.883. The largest absolute Gasteiger partial charge is 0.379 e. The molecule has 5 heteroatoms. The molecule has 0 radical (unpaired) electrons. The molecule has 0 fully saturated rings. The zero-order chi connectivity index (χ0) is 9.84. The van der Waals surface area contributed by atoms with Crippen LogP contribution in [0.25, 0.3) is 0 Å². The molecule has 1 N–H and O–H groups in total. The minimum atomic E-state index is -0.736. The highest BCUT2D eigenvalue weighted by molar-refractivity contribution is 9.10. The molecule has 72 valence electrons. The Morgan fingerprint density at radius 1 is 1.31 bits per heavy atom. The van der Waals surface area contributed by atoms with Crippen molar-refractivity contribution >= 4 is 21.6 Å². The molecule has 0 bridgehead atoms. The van der Waals surface area contributed by atoms with Crippen LogP contribution in [0.4, 0.5) is 18.9 Å². The number of halogens is 4. The van der Waals surface area contributed by atoms with Gasteiger partial charge in [-0.2, -0.15) is 0 Å². The average Bonchev–Trinajstić information content (AvgIpc) is 2.02. The maximum atomic E-state index is 13.0. The molecule has 0 aliphatic heterocycles. The first kappa shape index (κ1) is 10.4. The number of alkyl halides is 1. The van der Waals surface area contributed by atoms with E-state index in [-0.39, 0.29) is 16.7 Å². The summed E-state index contributed by atoms with van der Waals surface area (Å²) in [5.74, 6) is -1.41. The number of anilines is 1. The number of nitrogens with one attached hydrogen (secondary N) is 1. The quantitative estimate of drug-likeness (QED) is 0.873. The Balaban J connectivity index is 2.92. The second-order valence-corrected chi connectivity index (χ2v) is 3.21. The van der Waals surface area contributed by atoms with E-state index in [9.17, 15) is 13.2 Å². The predicted molar refractivity (Wildman–Crippen MR) is 48.5 cm³/mol. The van der Waals surface area contributed by atoms with Crippen molar-refractivity contribution in [2.45, 2.75) is 0 Å². The molecule has 0 spiro atoms. The summed E-state index contributed by atoms with van der Waals surface area (Å²) in [4.78, 5) is 0. The van der Waals surface area contributed by atoms with Gasteiger partial charge in [-0.25, -0.2) is 13.2 Å². The Labute approximate surface area is 82.1 Å². The van der Waals surface area contributed by atoms with Gasteiger partial charge in [0.05, 0.1) is 5.69 Å². The lowest BCUT2D eigenvalue weighted by atomic mass is 10.3. The third kappa shape index (κ3) is 2.62. The van der Waals surface area contributed by atoms with E-state index in [1.54, 1.807) is 0 Å². The Morgan fingerprint density at radius 2 is 2.00 bits per heavy atom. The van der Waals surface area contributed by atoms with Crippen LogP contribution >= 0.6 is 15.9 Å². The third-order valence-electron chi connectivity index (χ3n) is 1.40. The van der Waals surface area contributed by atoms with Gasteiger partial charge in [-0.15, -0.1) is 0 Å². The minimum absolute atomic E-state index is 0.00114. The van der Waals surface area contributed by atoms with E-state index in [2.05, 4.69) is 21.2 Å². The molecule has 1 nitrogen and oxygen atoms in total. The zero-order valence-electron chi connectivity index (χ0n) is 6.58. The van der Waals surface area contributed by atoms with Gasteiger partial charge in [-0.05, 0) is 22.0 Å². The monoisotopic (exact) mass is 253 g/mol. The highest BCUT2D eigenvalue weighted by Crippen LogP contribution is 2.26. The summed E-state index contributed by atoms with van der Waals surface area (Å²) in [5.41, 5.74) is 0.0825. The first-order valence-electron chi connectivity index (χ1n) is 3.59. The van der Waals surface area contributed by atoms with Crippen LogP contribution in [0.5, 0.6) is 0 Å². The summed E-state index contributed by atoms with van der Waals surface area (Å²) in [7, 11) is 0. The molecule has 0 aliphatic rings. The van der Waals surface area contributed by atoms with Gasteiger partial charge in [0, 0.05) is 17.1 Å². The first-order chi connectivity index (χ1) is 6.15. The molecule has 0 saturated carbocycles. The van der Waals surface area contributed by atoms with Gasteiger partial charge in [-0.3, -0.25) is 0 Å². The van der Waals surface area contributed by atoms with Gasteiger partial charge in [0.2, 0.25) is 0 Å². The van der Waals surface area contributed by atoms with Crippen molar-refractivity contribution in [2.24, 2.45) is 0 Å². The molecule has 13 heavy (non-hydrogen) atoms. The van der Waals surface area contributed by atoms with Crippen LogP contribution in [0.15, 0.2) is 16.6 Å². The molecule has 0 atom stereocenters. The highest BCUT2D eigenvalue weighted by Gasteiger charge is 2.08. The fourth-order valence-corrected chi connectivity index (χ4v) is 1.43. The topological polar surface area (TPSA) is 12.0 Å². The van der Waals surface area contributed by atoms with Crippen molar-refractivity contribution in [1.29, 1.82) is 0 Å². The maximum Gasteiger partial charge on any atom is 0.150 e. The molecule has 0 aliphatic carbocycles. The summed E-state index contributed by atoms with van der Waals surface area (Å²) in [5, 5.41) is 2.49. The summed E-state index contributed by atoms with van der Waals surface area (Å²) in [6.45, 7) is -0.607. The summed E-state index contributed by atoms with van der Waals surface area (Å²) in [6.07, 6.45) is 0. The molecule has 0 saturated heterocycles. The summed E-state index contributed by atoms with van der Waals surface area (Å²) in [6, 6.07) is 1.86. The van der Waals surface area contributed by atoms with Gasteiger partial charge in [0.25, 0.3) is 0 Å². The third-order valence-corrected chi connectivity index (χ3v) is 2.03. The number of benzene rings is 1. The molecular formula is C8H7BrF3N. The molecule has 0 amide bonds. The normalized spacial score (nSPS) is 10.2. The lowest BCUT2D eigenvalue weighted by molar-refractivity contribution is 0.511. The fraction of sp³-hybridized carbons (Fsp3) is 0.250. The smallest absolute Gasteiger partial charge is 0.150 e. The highest BCUT2D eigenvalue weighted by atomic mass is 79.9. The average molecular weight is 254 g/mol. The second-order valence-electron chi connectivity index (χ2n) is 2.36. The van der Waals surface area contributed by atoms with Crippen molar-refractivity contribution in [2.75, 3.05) is 18.5 Å². The van der Waals surface area contributed by atoms with Gasteiger partial charge in [0.15, 0.2) is 0 Å². The van der Waals surface area contributed by atoms with Crippen LogP contribution in [0.3, 0.4) is 0 Å². The maximum absolute atomic E-state index is 13.0. The van der Waals surface area contributed by atoms with E-state index in [0.29, 0.717) is 0 Å². The molecule has 0 unspecified atom stereocenters. The molecule has 1 aromatic rings. The van der Waals surface area contributed by atoms with E-state index < -0.39 is 18.3 Å². The second kappa shape index (κ2) is 4.50. The predicted octanol–water partition coefficient (Wildman–Crippen LogP) is 3.11. The Bertz CT molecular complexity index is 280. The van der Waals surface area contributed by atoms with Crippen molar-refractivity contribution in [3.63, 3.8) is 0 Å². The molecule has 1 rings (SSSR count). The first-order valence-corrected chi connectivity index (χ1v) is 4.39. The van der Waals surface area contributed by atoms with Crippen LogP contribution < -0.4 is 5.32 Å². The van der Waals surface area contributed by atoms with Gasteiger partial charge in [-0.1, -0.05) is 0 Å². The Morgan fingerprint density at radius 3 is 2.54 bits per heavy atom. The Kier molecular flexibility index (Phi) is 3.59. The lowest BCUT2D eigenvalue weighted by Gasteiger charge is -2.07.